The zero-order chi connectivity index (χ0) is 14.5. The van der Waals surface area contributed by atoms with Crippen LogP contribution in [0.3, 0.4) is 0 Å². The number of amides is 1. The number of aromatic nitrogens is 4. The Hall–Kier alpha value is -2.22. The summed E-state index contributed by atoms with van der Waals surface area (Å²) in [7, 11) is 0. The van der Waals surface area contributed by atoms with Crippen molar-refractivity contribution in [2.75, 3.05) is 19.8 Å². The van der Waals surface area contributed by atoms with Crippen molar-refractivity contribution in [3.63, 3.8) is 0 Å². The number of carbonyl (C=O) groups is 1. The van der Waals surface area contributed by atoms with Crippen LogP contribution in [-0.2, 0) is 11.2 Å². The van der Waals surface area contributed by atoms with Crippen LogP contribution in [0.25, 0.3) is 5.78 Å². The Labute approximate surface area is 115 Å². The van der Waals surface area contributed by atoms with Crippen LogP contribution in [0.15, 0.2) is 17.2 Å². The number of fused-ring (bicyclic) bond motifs is 1. The van der Waals surface area contributed by atoms with Crippen LogP contribution < -0.4 is 10.9 Å². The van der Waals surface area contributed by atoms with Gasteiger partial charge in [0.2, 0.25) is 5.91 Å². The second-order valence-electron chi connectivity index (χ2n) is 4.35. The minimum atomic E-state index is -0.279. The molecule has 0 bridgehead atoms. The molecule has 0 saturated heterocycles. The van der Waals surface area contributed by atoms with E-state index in [4.69, 9.17) is 0 Å². The number of nitrogens with zero attached hydrogens (tertiary/aromatic N) is 4. The van der Waals surface area contributed by atoms with Crippen molar-refractivity contribution >= 4 is 11.7 Å². The van der Waals surface area contributed by atoms with Crippen LogP contribution in [0.2, 0.25) is 0 Å². The van der Waals surface area contributed by atoms with E-state index in [2.05, 4.69) is 25.3 Å². The molecule has 0 aliphatic rings. The molecule has 8 heteroatoms. The molecular weight excluding hydrogens is 260 g/mol. The molecule has 2 aromatic rings. The molecule has 20 heavy (non-hydrogen) atoms. The zero-order valence-corrected chi connectivity index (χ0v) is 11.6. The van der Waals surface area contributed by atoms with Crippen LogP contribution in [-0.4, -0.2) is 50.1 Å². The van der Waals surface area contributed by atoms with Gasteiger partial charge < -0.3 is 5.32 Å². The molecule has 2 aromatic heterocycles. The van der Waals surface area contributed by atoms with E-state index in [1.165, 1.54) is 16.9 Å². The van der Waals surface area contributed by atoms with Crippen molar-refractivity contribution in [3.05, 3.63) is 28.4 Å². The standard InChI is InChI=1S/C12H18N6O2/c1-3-17(4-2)8-14-10(19)5-9-6-11(20)18-12(16-9)13-7-15-18/h6-7H,3-5,8H2,1-2H3,(H,14,19)(H,13,15,16). The third-order valence-corrected chi connectivity index (χ3v) is 3.06. The van der Waals surface area contributed by atoms with E-state index < -0.39 is 0 Å². The first-order chi connectivity index (χ1) is 9.63. The predicted octanol–water partition coefficient (Wildman–Crippen LogP) is -0.624. The fourth-order valence-electron chi connectivity index (χ4n) is 1.83. The molecule has 0 saturated carbocycles. The molecule has 0 spiro atoms. The van der Waals surface area contributed by atoms with E-state index in [9.17, 15) is 9.59 Å². The molecular formula is C12H18N6O2. The van der Waals surface area contributed by atoms with Gasteiger partial charge in [0.1, 0.15) is 6.33 Å². The Morgan fingerprint density at radius 1 is 1.45 bits per heavy atom. The Morgan fingerprint density at radius 3 is 2.90 bits per heavy atom. The second kappa shape index (κ2) is 6.29. The lowest BCUT2D eigenvalue weighted by molar-refractivity contribution is -0.121. The van der Waals surface area contributed by atoms with E-state index in [1.54, 1.807) is 0 Å². The molecule has 108 valence electrons. The molecule has 1 amide bonds. The summed E-state index contributed by atoms with van der Waals surface area (Å²) in [5, 5.41) is 5.45. The Kier molecular flexibility index (Phi) is 4.46. The lowest BCUT2D eigenvalue weighted by Gasteiger charge is -2.18. The summed E-state index contributed by atoms with van der Waals surface area (Å²) in [6, 6.07) is 1.34. The molecule has 2 N–H and O–H groups in total. The number of hydrogen-bond acceptors (Lipinski definition) is 5. The van der Waals surface area contributed by atoms with Gasteiger partial charge in [0.25, 0.3) is 11.3 Å². The summed E-state index contributed by atoms with van der Waals surface area (Å²) in [5.41, 5.74) is 0.137. The fourth-order valence-corrected chi connectivity index (χ4v) is 1.83. The number of H-pyrrole nitrogens is 1. The largest absolute Gasteiger partial charge is 0.343 e. The highest BCUT2D eigenvalue weighted by atomic mass is 16.2. The van der Waals surface area contributed by atoms with Crippen molar-refractivity contribution in [3.8, 4) is 0 Å². The maximum atomic E-state index is 11.8. The van der Waals surface area contributed by atoms with Crippen molar-refractivity contribution < 1.29 is 4.79 Å². The SMILES string of the molecule is CCN(CC)CNC(=O)Cc1cc(=O)n2[nH]cnc2n1. The maximum Gasteiger partial charge on any atom is 0.274 e. The van der Waals surface area contributed by atoms with Gasteiger partial charge in [0.05, 0.1) is 18.8 Å². The van der Waals surface area contributed by atoms with Crippen molar-refractivity contribution in [1.29, 1.82) is 0 Å². The molecule has 0 aromatic carbocycles. The highest BCUT2D eigenvalue weighted by molar-refractivity contribution is 5.78. The van der Waals surface area contributed by atoms with Crippen LogP contribution in [0.1, 0.15) is 19.5 Å². The lowest BCUT2D eigenvalue weighted by Crippen LogP contribution is -2.38. The number of rotatable bonds is 6. The van der Waals surface area contributed by atoms with Crippen LogP contribution in [0, 0.1) is 0 Å². The van der Waals surface area contributed by atoms with Gasteiger partial charge in [-0.2, -0.15) is 4.52 Å². The Balaban J connectivity index is 2.01. The summed E-state index contributed by atoms with van der Waals surface area (Å²) < 4.78 is 1.22. The van der Waals surface area contributed by atoms with Gasteiger partial charge in [0, 0.05) is 6.07 Å². The Morgan fingerprint density at radius 2 is 2.20 bits per heavy atom. The molecule has 0 atom stereocenters. The van der Waals surface area contributed by atoms with Gasteiger partial charge in [0.15, 0.2) is 0 Å². The molecule has 0 unspecified atom stereocenters. The number of aromatic amines is 1. The van der Waals surface area contributed by atoms with E-state index >= 15 is 0 Å². The predicted molar refractivity (Wildman–Crippen MR) is 73.2 cm³/mol. The van der Waals surface area contributed by atoms with Crippen LogP contribution in [0.4, 0.5) is 0 Å². The normalized spacial score (nSPS) is 11.2. The minimum absolute atomic E-state index is 0.0693. The number of carbonyl (C=O) groups excluding carboxylic acids is 1. The highest BCUT2D eigenvalue weighted by Crippen LogP contribution is 1.95. The molecule has 0 aliphatic heterocycles. The highest BCUT2D eigenvalue weighted by Gasteiger charge is 2.09. The van der Waals surface area contributed by atoms with Gasteiger partial charge in [-0.15, -0.1) is 0 Å². The average Bonchev–Trinajstić information content (AvgIpc) is 2.88. The third-order valence-electron chi connectivity index (χ3n) is 3.06. The second-order valence-corrected chi connectivity index (χ2v) is 4.35. The minimum Gasteiger partial charge on any atom is -0.343 e. The first-order valence-electron chi connectivity index (χ1n) is 6.55. The fraction of sp³-hybridized carbons (Fsp3) is 0.500. The molecule has 2 heterocycles. The smallest absolute Gasteiger partial charge is 0.274 e. The van der Waals surface area contributed by atoms with Gasteiger partial charge in [-0.25, -0.2) is 9.97 Å². The van der Waals surface area contributed by atoms with Gasteiger partial charge >= 0.3 is 0 Å². The van der Waals surface area contributed by atoms with E-state index in [-0.39, 0.29) is 23.7 Å². The Bertz CT molecular complexity index is 643. The third kappa shape index (κ3) is 3.21. The van der Waals surface area contributed by atoms with Gasteiger partial charge in [-0.1, -0.05) is 13.8 Å². The lowest BCUT2D eigenvalue weighted by atomic mass is 10.3. The summed E-state index contributed by atoms with van der Waals surface area (Å²) >= 11 is 0. The van der Waals surface area contributed by atoms with Crippen molar-refractivity contribution in [2.45, 2.75) is 20.3 Å². The number of nitrogens with one attached hydrogen (secondary N) is 2. The van der Waals surface area contributed by atoms with Crippen molar-refractivity contribution in [2.24, 2.45) is 0 Å². The summed E-state index contributed by atoms with van der Waals surface area (Å²) in [6.45, 7) is 6.30. The van der Waals surface area contributed by atoms with Crippen LogP contribution >= 0.6 is 0 Å². The van der Waals surface area contributed by atoms with Gasteiger partial charge in [-0.3, -0.25) is 19.6 Å². The maximum absolute atomic E-state index is 11.8. The first-order valence-corrected chi connectivity index (χ1v) is 6.55. The molecule has 0 aliphatic carbocycles. The molecule has 0 fully saturated rings. The zero-order valence-electron chi connectivity index (χ0n) is 11.6. The van der Waals surface area contributed by atoms with Gasteiger partial charge in [-0.05, 0) is 13.1 Å². The summed E-state index contributed by atoms with van der Waals surface area (Å²) in [4.78, 5) is 33.7. The van der Waals surface area contributed by atoms with E-state index in [1.807, 2.05) is 13.8 Å². The van der Waals surface area contributed by atoms with Crippen molar-refractivity contribution in [1.82, 2.24) is 29.8 Å². The molecule has 0 radical (unpaired) electrons. The topological polar surface area (TPSA) is 95.4 Å². The summed E-state index contributed by atoms with van der Waals surface area (Å²) in [6.07, 6.45) is 1.45. The van der Waals surface area contributed by atoms with E-state index in [0.29, 0.717) is 12.4 Å². The van der Waals surface area contributed by atoms with Crippen LogP contribution in [0.5, 0.6) is 0 Å². The first kappa shape index (κ1) is 14.2. The quantitative estimate of drug-likeness (QED) is 0.686. The average molecular weight is 278 g/mol. The molecule has 2 rings (SSSR count). The number of hydrogen-bond donors (Lipinski definition) is 2. The molecule has 8 nitrogen and oxygen atoms in total. The summed E-state index contributed by atoms with van der Waals surface area (Å²) in [5.74, 6) is 0.104. The monoisotopic (exact) mass is 278 g/mol. The van der Waals surface area contributed by atoms with E-state index in [0.717, 1.165) is 13.1 Å².